The predicted molar refractivity (Wildman–Crippen MR) is 109 cm³/mol. The minimum atomic E-state index is -0.321. The molecule has 30 heavy (non-hydrogen) atoms. The number of furan rings is 2. The molecule has 0 aliphatic heterocycles. The summed E-state index contributed by atoms with van der Waals surface area (Å²) < 4.78 is 16.0. The number of rotatable bonds is 7. The third-order valence-electron chi connectivity index (χ3n) is 4.19. The number of amides is 2. The summed E-state index contributed by atoms with van der Waals surface area (Å²) in [5, 5.41) is 5.54. The maximum atomic E-state index is 12.0. The van der Waals surface area contributed by atoms with E-state index < -0.39 is 0 Å². The molecule has 0 atom stereocenters. The summed E-state index contributed by atoms with van der Waals surface area (Å²) >= 11 is 0. The van der Waals surface area contributed by atoms with Crippen LogP contribution < -0.4 is 15.4 Å². The van der Waals surface area contributed by atoms with E-state index in [2.05, 4.69) is 10.6 Å². The second-order valence-corrected chi connectivity index (χ2v) is 6.37. The van der Waals surface area contributed by atoms with Gasteiger partial charge in [-0.25, -0.2) is 0 Å². The molecule has 7 nitrogen and oxygen atoms in total. The Kier molecular flexibility index (Phi) is 5.61. The molecule has 2 heterocycles. The highest BCUT2D eigenvalue weighted by Crippen LogP contribution is 2.24. The average molecular weight is 402 g/mol. The summed E-state index contributed by atoms with van der Waals surface area (Å²) in [7, 11) is 0. The van der Waals surface area contributed by atoms with Crippen LogP contribution in [0.1, 0.15) is 26.7 Å². The molecule has 2 aromatic heterocycles. The van der Waals surface area contributed by atoms with Gasteiger partial charge in [-0.3, -0.25) is 9.59 Å². The van der Waals surface area contributed by atoms with E-state index in [0.717, 1.165) is 5.56 Å². The van der Waals surface area contributed by atoms with Crippen molar-refractivity contribution in [1.82, 2.24) is 5.32 Å². The van der Waals surface area contributed by atoms with Crippen LogP contribution in [0.2, 0.25) is 0 Å². The predicted octanol–water partition coefficient (Wildman–Crippen LogP) is 4.85. The first kappa shape index (κ1) is 19.1. The van der Waals surface area contributed by atoms with Gasteiger partial charge in [0.1, 0.15) is 11.5 Å². The van der Waals surface area contributed by atoms with Gasteiger partial charge in [0, 0.05) is 12.2 Å². The third kappa shape index (κ3) is 4.77. The Bertz CT molecular complexity index is 1120. The Morgan fingerprint density at radius 1 is 0.767 bits per heavy atom. The average Bonchev–Trinajstić information content (AvgIpc) is 3.48. The highest BCUT2D eigenvalue weighted by Gasteiger charge is 2.09. The van der Waals surface area contributed by atoms with E-state index in [0.29, 0.717) is 23.7 Å². The Morgan fingerprint density at radius 3 is 2.13 bits per heavy atom. The van der Waals surface area contributed by atoms with Crippen LogP contribution in [0.3, 0.4) is 0 Å². The zero-order chi connectivity index (χ0) is 20.8. The van der Waals surface area contributed by atoms with E-state index >= 15 is 0 Å². The number of carbonyl (C=O) groups excluding carboxylic acids is 2. The summed E-state index contributed by atoms with van der Waals surface area (Å²) in [6, 6.07) is 20.9. The maximum Gasteiger partial charge on any atom is 0.291 e. The van der Waals surface area contributed by atoms with Crippen LogP contribution in [-0.2, 0) is 6.54 Å². The summed E-state index contributed by atoms with van der Waals surface area (Å²) in [6.45, 7) is 0.342. The van der Waals surface area contributed by atoms with E-state index in [1.54, 1.807) is 48.5 Å². The van der Waals surface area contributed by atoms with E-state index in [1.807, 2.05) is 24.3 Å². The van der Waals surface area contributed by atoms with Crippen molar-refractivity contribution in [1.29, 1.82) is 0 Å². The smallest absolute Gasteiger partial charge is 0.291 e. The summed E-state index contributed by atoms with van der Waals surface area (Å²) in [6.07, 6.45) is 2.90. The zero-order valence-corrected chi connectivity index (χ0v) is 15.8. The molecule has 0 spiro atoms. The van der Waals surface area contributed by atoms with Crippen LogP contribution in [0.4, 0.5) is 5.69 Å². The van der Waals surface area contributed by atoms with E-state index in [-0.39, 0.29) is 23.3 Å². The monoisotopic (exact) mass is 402 g/mol. The number of benzene rings is 2. The quantitative estimate of drug-likeness (QED) is 0.461. The van der Waals surface area contributed by atoms with E-state index in [1.165, 1.54) is 12.5 Å². The van der Waals surface area contributed by atoms with Crippen molar-refractivity contribution in [2.75, 3.05) is 5.32 Å². The van der Waals surface area contributed by atoms with E-state index in [9.17, 15) is 9.59 Å². The van der Waals surface area contributed by atoms with Gasteiger partial charge in [0.05, 0.1) is 12.5 Å². The Morgan fingerprint density at radius 2 is 1.47 bits per heavy atom. The van der Waals surface area contributed by atoms with Gasteiger partial charge in [-0.05, 0) is 66.2 Å². The fraction of sp³-hybridized carbons (Fsp3) is 0.0435. The lowest BCUT2D eigenvalue weighted by Gasteiger charge is -2.09. The first-order chi connectivity index (χ1) is 14.7. The number of nitrogens with one attached hydrogen (secondary N) is 2. The van der Waals surface area contributed by atoms with Crippen molar-refractivity contribution < 1.29 is 23.2 Å². The van der Waals surface area contributed by atoms with Gasteiger partial charge >= 0.3 is 0 Å². The standard InChI is InChI=1S/C23H18N2O5/c26-22(20-6-2-12-28-20)24-15-16-4-1-5-19(14-16)30-18-10-8-17(9-11-18)25-23(27)21-7-3-13-29-21/h1-14H,15H2,(H,24,26)(H,25,27). The second kappa shape index (κ2) is 8.83. The summed E-state index contributed by atoms with van der Waals surface area (Å²) in [5.74, 6) is 1.15. The van der Waals surface area contributed by atoms with Crippen LogP contribution in [-0.4, -0.2) is 11.8 Å². The number of hydrogen-bond acceptors (Lipinski definition) is 5. The molecule has 2 aromatic carbocycles. The van der Waals surface area contributed by atoms with Gasteiger partial charge in [0.2, 0.25) is 0 Å². The van der Waals surface area contributed by atoms with Crippen LogP contribution in [0.5, 0.6) is 11.5 Å². The zero-order valence-electron chi connectivity index (χ0n) is 15.8. The Labute approximate surface area is 172 Å². The van der Waals surface area contributed by atoms with Crippen LogP contribution in [0.25, 0.3) is 0 Å². The fourth-order valence-corrected chi connectivity index (χ4v) is 2.74. The lowest BCUT2D eigenvalue weighted by atomic mass is 10.2. The van der Waals surface area contributed by atoms with Gasteiger partial charge < -0.3 is 24.2 Å². The first-order valence-corrected chi connectivity index (χ1v) is 9.21. The van der Waals surface area contributed by atoms with Crippen molar-refractivity contribution in [3.63, 3.8) is 0 Å². The normalized spacial score (nSPS) is 10.4. The molecular formula is C23H18N2O5. The molecule has 4 aromatic rings. The molecule has 0 saturated carbocycles. The van der Waals surface area contributed by atoms with Crippen molar-refractivity contribution in [2.45, 2.75) is 6.54 Å². The van der Waals surface area contributed by atoms with Crippen LogP contribution >= 0.6 is 0 Å². The lowest BCUT2D eigenvalue weighted by Crippen LogP contribution is -2.22. The highest BCUT2D eigenvalue weighted by atomic mass is 16.5. The Balaban J connectivity index is 1.34. The van der Waals surface area contributed by atoms with Crippen molar-refractivity contribution in [3.05, 3.63) is 102 Å². The lowest BCUT2D eigenvalue weighted by molar-refractivity contribution is 0.0922. The van der Waals surface area contributed by atoms with Crippen molar-refractivity contribution in [2.24, 2.45) is 0 Å². The van der Waals surface area contributed by atoms with Gasteiger partial charge in [-0.2, -0.15) is 0 Å². The SMILES string of the molecule is O=C(NCc1cccc(Oc2ccc(NC(=O)c3ccco3)cc2)c1)c1ccco1. The summed E-state index contributed by atoms with van der Waals surface area (Å²) in [4.78, 5) is 24.0. The molecule has 0 unspecified atom stereocenters. The third-order valence-corrected chi connectivity index (χ3v) is 4.19. The molecule has 150 valence electrons. The minimum Gasteiger partial charge on any atom is -0.459 e. The summed E-state index contributed by atoms with van der Waals surface area (Å²) in [5.41, 5.74) is 1.51. The molecule has 0 fully saturated rings. The van der Waals surface area contributed by atoms with Crippen molar-refractivity contribution >= 4 is 17.5 Å². The van der Waals surface area contributed by atoms with Crippen LogP contribution in [0.15, 0.2) is 94.2 Å². The number of carbonyl (C=O) groups is 2. The number of anilines is 1. The molecule has 0 bridgehead atoms. The molecule has 2 amide bonds. The van der Waals surface area contributed by atoms with Gasteiger partial charge in [0.15, 0.2) is 11.5 Å². The molecular weight excluding hydrogens is 384 g/mol. The van der Waals surface area contributed by atoms with Gasteiger partial charge in [-0.1, -0.05) is 12.1 Å². The second-order valence-electron chi connectivity index (χ2n) is 6.37. The first-order valence-electron chi connectivity index (χ1n) is 9.21. The van der Waals surface area contributed by atoms with E-state index in [4.69, 9.17) is 13.6 Å². The molecule has 4 rings (SSSR count). The van der Waals surface area contributed by atoms with Gasteiger partial charge in [0.25, 0.3) is 11.8 Å². The van der Waals surface area contributed by atoms with Gasteiger partial charge in [-0.15, -0.1) is 0 Å². The van der Waals surface area contributed by atoms with Crippen LogP contribution in [0, 0.1) is 0 Å². The highest BCUT2D eigenvalue weighted by molar-refractivity contribution is 6.02. The largest absolute Gasteiger partial charge is 0.459 e. The minimum absolute atomic E-state index is 0.242. The molecule has 2 N–H and O–H groups in total. The molecule has 0 radical (unpaired) electrons. The molecule has 7 heteroatoms. The molecule has 0 saturated heterocycles. The number of ether oxygens (including phenoxy) is 1. The van der Waals surface area contributed by atoms with Crippen molar-refractivity contribution in [3.8, 4) is 11.5 Å². The Hall–Kier alpha value is -4.26. The number of hydrogen-bond donors (Lipinski definition) is 2. The molecule has 0 aliphatic rings. The maximum absolute atomic E-state index is 12.0. The topological polar surface area (TPSA) is 93.7 Å². The molecule has 0 aliphatic carbocycles. The fourth-order valence-electron chi connectivity index (χ4n) is 2.74.